The number of hydrogen-bond acceptors (Lipinski definition) is 3. The third-order valence-corrected chi connectivity index (χ3v) is 14.6. The van der Waals surface area contributed by atoms with Crippen molar-refractivity contribution in [2.24, 2.45) is 0 Å². The molecular formula is C42H30BNO3Si. The zero-order chi connectivity index (χ0) is 32.2. The van der Waals surface area contributed by atoms with Crippen LogP contribution >= 0.6 is 0 Å². The monoisotopic (exact) mass is 635 g/mol. The van der Waals surface area contributed by atoms with E-state index in [0.29, 0.717) is 11.2 Å². The highest BCUT2D eigenvalue weighted by atomic mass is 28.3. The number of aromatic nitrogens is 1. The molecule has 0 saturated heterocycles. The van der Waals surface area contributed by atoms with Crippen molar-refractivity contribution >= 4 is 63.2 Å². The van der Waals surface area contributed by atoms with Gasteiger partial charge in [-0.2, -0.15) is 0 Å². The molecule has 228 valence electrons. The van der Waals surface area contributed by atoms with Crippen LogP contribution in [0.25, 0.3) is 38.6 Å². The number of nitrogens with zero attached hydrogens (tertiary/aromatic N) is 1. The predicted octanol–water partition coefficient (Wildman–Crippen LogP) is 5.61. The number of benzene rings is 7. The number of fused-ring (bicyclic) bond motifs is 5. The molecule has 0 fully saturated rings. The van der Waals surface area contributed by atoms with Crippen LogP contribution in [-0.2, 0) is 0 Å². The normalized spacial score (nSPS) is 15.1. The molecular weight excluding hydrogens is 605 g/mol. The SMILES string of the molecule is OB(O)c1cccc2c1Oc1ccccc1[Si]2(c1ccc(-n2c3ccccc3c3ccccc32)cc1)c1cccc(-c2ccccc2)c1. The van der Waals surface area contributed by atoms with Crippen LogP contribution in [0.3, 0.4) is 0 Å². The van der Waals surface area contributed by atoms with Crippen molar-refractivity contribution in [3.63, 3.8) is 0 Å². The standard InChI is InChI=1S/C42H30BNO3Si/c45-43(46)36-18-11-23-41-42(36)47-39-21-8-9-22-40(39)48(41,33-15-10-14-30(28-33)29-12-2-1-3-13-29)32-26-24-31(25-27-32)44-37-19-6-4-16-34(37)35-17-5-7-20-38(35)44/h1-28,45-46H. The minimum Gasteiger partial charge on any atom is -0.458 e. The van der Waals surface area contributed by atoms with Crippen molar-refractivity contribution in [3.8, 4) is 28.3 Å². The maximum atomic E-state index is 10.5. The van der Waals surface area contributed by atoms with Gasteiger partial charge in [0.1, 0.15) is 11.5 Å². The van der Waals surface area contributed by atoms with Gasteiger partial charge in [-0.1, -0.05) is 140 Å². The molecule has 0 aliphatic carbocycles. The molecule has 1 aliphatic rings. The Balaban J connectivity index is 1.34. The topological polar surface area (TPSA) is 54.6 Å². The van der Waals surface area contributed by atoms with Crippen molar-refractivity contribution < 1.29 is 14.8 Å². The number of ether oxygens (including phenoxy) is 1. The molecule has 8 aromatic rings. The van der Waals surface area contributed by atoms with Crippen LogP contribution in [0.15, 0.2) is 170 Å². The molecule has 1 aromatic heterocycles. The Bertz CT molecular complexity index is 2420. The number of rotatable bonds is 5. The molecule has 1 atom stereocenters. The summed E-state index contributed by atoms with van der Waals surface area (Å²) in [6, 6.07) is 59.4. The fraction of sp³-hybridized carbons (Fsp3) is 0. The first-order valence-electron chi connectivity index (χ1n) is 16.2. The molecule has 48 heavy (non-hydrogen) atoms. The maximum Gasteiger partial charge on any atom is 0.492 e. The smallest absolute Gasteiger partial charge is 0.458 e. The van der Waals surface area contributed by atoms with Crippen molar-refractivity contribution in [2.45, 2.75) is 0 Å². The highest BCUT2D eigenvalue weighted by molar-refractivity contribution is 7.21. The Labute approximate surface area is 279 Å². The Morgan fingerprint density at radius 3 is 1.83 bits per heavy atom. The quantitative estimate of drug-likeness (QED) is 0.242. The molecule has 9 rings (SSSR count). The zero-order valence-corrected chi connectivity index (χ0v) is 27.0. The van der Waals surface area contributed by atoms with Gasteiger partial charge in [-0.3, -0.25) is 0 Å². The molecule has 2 N–H and O–H groups in total. The van der Waals surface area contributed by atoms with E-state index in [1.54, 1.807) is 6.07 Å². The summed E-state index contributed by atoms with van der Waals surface area (Å²) in [5.74, 6) is 1.26. The van der Waals surface area contributed by atoms with E-state index in [2.05, 4.69) is 144 Å². The van der Waals surface area contributed by atoms with Crippen LogP contribution in [0.4, 0.5) is 0 Å². The van der Waals surface area contributed by atoms with Crippen molar-refractivity contribution in [2.75, 3.05) is 0 Å². The molecule has 0 amide bonds. The lowest BCUT2D eigenvalue weighted by Crippen LogP contribution is -2.76. The summed E-state index contributed by atoms with van der Waals surface area (Å²) in [5.41, 5.74) is 6.05. The van der Waals surface area contributed by atoms with Crippen LogP contribution in [0.1, 0.15) is 0 Å². The second kappa shape index (κ2) is 11.2. The minimum absolute atomic E-state index is 0.361. The van der Waals surface area contributed by atoms with Gasteiger partial charge < -0.3 is 19.4 Å². The summed E-state index contributed by atoms with van der Waals surface area (Å²) in [4.78, 5) is 0. The summed E-state index contributed by atoms with van der Waals surface area (Å²) >= 11 is 0. The van der Waals surface area contributed by atoms with Gasteiger partial charge >= 0.3 is 7.12 Å². The predicted molar refractivity (Wildman–Crippen MR) is 200 cm³/mol. The van der Waals surface area contributed by atoms with E-state index in [0.717, 1.165) is 44.0 Å². The fourth-order valence-electron chi connectivity index (χ4n) is 7.70. The van der Waals surface area contributed by atoms with E-state index in [-0.39, 0.29) is 0 Å². The number of hydrogen-bond donors (Lipinski definition) is 2. The first-order valence-corrected chi connectivity index (χ1v) is 18.2. The number of para-hydroxylation sites is 4. The molecule has 7 aromatic carbocycles. The molecule has 0 bridgehead atoms. The Kier molecular flexibility index (Phi) is 6.69. The first kappa shape index (κ1) is 28.6. The van der Waals surface area contributed by atoms with E-state index in [4.69, 9.17) is 4.74 Å². The highest BCUT2D eigenvalue weighted by Crippen LogP contribution is 2.33. The third kappa shape index (κ3) is 4.24. The molecule has 0 spiro atoms. The van der Waals surface area contributed by atoms with Gasteiger partial charge in [-0.25, -0.2) is 0 Å². The molecule has 4 nitrogen and oxygen atoms in total. The third-order valence-electron chi connectivity index (χ3n) is 9.77. The molecule has 0 radical (unpaired) electrons. The van der Waals surface area contributed by atoms with Crippen LogP contribution in [-0.4, -0.2) is 29.8 Å². The fourth-order valence-corrected chi connectivity index (χ4v) is 12.7. The van der Waals surface area contributed by atoms with Gasteiger partial charge in [0.15, 0.2) is 8.07 Å². The highest BCUT2D eigenvalue weighted by Gasteiger charge is 2.49. The van der Waals surface area contributed by atoms with Crippen LogP contribution in [0.5, 0.6) is 11.5 Å². The second-order valence-electron chi connectivity index (χ2n) is 12.3. The van der Waals surface area contributed by atoms with Gasteiger partial charge in [-0.05, 0) is 62.2 Å². The Morgan fingerprint density at radius 2 is 1.10 bits per heavy atom. The summed E-state index contributed by atoms with van der Waals surface area (Å²) < 4.78 is 8.91. The van der Waals surface area contributed by atoms with Crippen molar-refractivity contribution in [1.82, 2.24) is 4.57 Å². The van der Waals surface area contributed by atoms with Gasteiger partial charge in [0.05, 0.1) is 11.0 Å². The van der Waals surface area contributed by atoms with Gasteiger partial charge in [0.2, 0.25) is 0 Å². The molecule has 1 aliphatic heterocycles. The molecule has 6 heteroatoms. The average Bonchev–Trinajstić information content (AvgIpc) is 3.48. The van der Waals surface area contributed by atoms with Crippen molar-refractivity contribution in [3.05, 3.63) is 170 Å². The summed E-state index contributed by atoms with van der Waals surface area (Å²) in [6.07, 6.45) is 0. The Hall–Kier alpha value is -5.66. The maximum absolute atomic E-state index is 10.5. The molecule has 0 saturated carbocycles. The van der Waals surface area contributed by atoms with Gasteiger partial charge in [-0.15, -0.1) is 0 Å². The summed E-state index contributed by atoms with van der Waals surface area (Å²) in [6.45, 7) is 0. The minimum atomic E-state index is -3.09. The van der Waals surface area contributed by atoms with E-state index in [9.17, 15) is 10.0 Å². The summed E-state index contributed by atoms with van der Waals surface area (Å²) in [5, 5.41) is 28.0. The van der Waals surface area contributed by atoms with Gasteiger partial charge in [0.25, 0.3) is 0 Å². The van der Waals surface area contributed by atoms with E-state index in [1.807, 2.05) is 24.3 Å². The lowest BCUT2D eigenvalue weighted by Gasteiger charge is -2.40. The van der Waals surface area contributed by atoms with Crippen LogP contribution in [0, 0.1) is 0 Å². The van der Waals surface area contributed by atoms with E-state index in [1.165, 1.54) is 21.1 Å². The van der Waals surface area contributed by atoms with E-state index < -0.39 is 15.2 Å². The first-order chi connectivity index (χ1) is 23.6. The van der Waals surface area contributed by atoms with Crippen molar-refractivity contribution in [1.29, 1.82) is 0 Å². The Morgan fingerprint density at radius 1 is 0.500 bits per heavy atom. The lowest BCUT2D eigenvalue weighted by molar-refractivity contribution is 0.421. The average molecular weight is 636 g/mol. The molecule has 1 unspecified atom stereocenters. The largest absolute Gasteiger partial charge is 0.492 e. The van der Waals surface area contributed by atoms with Gasteiger partial charge in [0, 0.05) is 21.9 Å². The zero-order valence-electron chi connectivity index (χ0n) is 26.0. The van der Waals surface area contributed by atoms with E-state index >= 15 is 0 Å². The van der Waals surface area contributed by atoms with Crippen LogP contribution in [0.2, 0.25) is 0 Å². The second-order valence-corrected chi connectivity index (χ2v) is 16.0. The lowest BCUT2D eigenvalue weighted by atomic mass is 9.79. The summed E-state index contributed by atoms with van der Waals surface area (Å²) in [7, 11) is -4.77. The van der Waals surface area contributed by atoms with Crippen LogP contribution < -0.4 is 30.9 Å². The molecule has 2 heterocycles.